The third-order valence-electron chi connectivity index (χ3n) is 2.88. The van der Waals surface area contributed by atoms with Gasteiger partial charge in [0.25, 0.3) is 0 Å². The predicted molar refractivity (Wildman–Crippen MR) is 60.8 cm³/mol. The van der Waals surface area contributed by atoms with Crippen LogP contribution in [0.2, 0.25) is 0 Å². The van der Waals surface area contributed by atoms with Crippen LogP contribution in [0.3, 0.4) is 0 Å². The molecular weight excluding hydrogens is 214 g/mol. The molecule has 0 aromatic heterocycles. The Balaban J connectivity index is 2.33. The zero-order valence-corrected chi connectivity index (χ0v) is 10.6. The topological polar surface area (TPSA) is 55.4 Å². The van der Waals surface area contributed by atoms with E-state index in [2.05, 4.69) is 12.2 Å². The first-order valence-corrected chi connectivity index (χ1v) is 7.12. The van der Waals surface area contributed by atoms with Gasteiger partial charge in [-0.3, -0.25) is 0 Å². The van der Waals surface area contributed by atoms with Crippen LogP contribution in [-0.2, 0) is 14.6 Å². The molecule has 1 N–H and O–H groups in total. The van der Waals surface area contributed by atoms with Crippen molar-refractivity contribution in [3.8, 4) is 0 Å². The summed E-state index contributed by atoms with van der Waals surface area (Å²) in [6.45, 7) is 7.46. The molecule has 0 radical (unpaired) electrons. The molecule has 90 valence electrons. The van der Waals surface area contributed by atoms with E-state index in [0.717, 1.165) is 13.0 Å². The fraction of sp³-hybridized carbons (Fsp3) is 1.00. The van der Waals surface area contributed by atoms with Gasteiger partial charge in [0.2, 0.25) is 0 Å². The molecule has 1 unspecified atom stereocenters. The third kappa shape index (κ3) is 3.74. The highest BCUT2D eigenvalue weighted by molar-refractivity contribution is 7.92. The summed E-state index contributed by atoms with van der Waals surface area (Å²) in [5.74, 6) is 0.209. The fourth-order valence-electron chi connectivity index (χ4n) is 1.54. The molecular formula is C10H21NO3S. The summed E-state index contributed by atoms with van der Waals surface area (Å²) in [5, 5.41) is 2.98. The molecule has 4 nitrogen and oxygen atoms in total. The van der Waals surface area contributed by atoms with Crippen LogP contribution in [0.15, 0.2) is 0 Å². The van der Waals surface area contributed by atoms with Crippen LogP contribution >= 0.6 is 0 Å². The molecule has 1 aliphatic heterocycles. The molecule has 0 aliphatic carbocycles. The molecule has 1 atom stereocenters. The number of nitrogens with one attached hydrogen (secondary N) is 1. The second-order valence-electron chi connectivity index (χ2n) is 4.71. The quantitative estimate of drug-likeness (QED) is 0.757. The van der Waals surface area contributed by atoms with Gasteiger partial charge in [-0.25, -0.2) is 8.42 Å². The van der Waals surface area contributed by atoms with Gasteiger partial charge in [0.15, 0.2) is 9.84 Å². The van der Waals surface area contributed by atoms with Crippen molar-refractivity contribution in [2.45, 2.75) is 38.0 Å². The summed E-state index contributed by atoms with van der Waals surface area (Å²) >= 11 is 0. The van der Waals surface area contributed by atoms with E-state index in [4.69, 9.17) is 4.74 Å². The largest absolute Gasteiger partial charge is 0.379 e. The molecule has 1 fully saturated rings. The van der Waals surface area contributed by atoms with Crippen molar-refractivity contribution in [3.05, 3.63) is 0 Å². The molecule has 5 heteroatoms. The molecule has 15 heavy (non-hydrogen) atoms. The van der Waals surface area contributed by atoms with Gasteiger partial charge in [-0.15, -0.1) is 0 Å². The zero-order chi connectivity index (χ0) is 11.5. The minimum atomic E-state index is -2.92. The van der Waals surface area contributed by atoms with Crippen molar-refractivity contribution < 1.29 is 13.2 Å². The second-order valence-corrected chi connectivity index (χ2v) is 7.38. The molecule has 1 saturated heterocycles. The maximum atomic E-state index is 11.5. The lowest BCUT2D eigenvalue weighted by molar-refractivity contribution is 0.172. The van der Waals surface area contributed by atoms with Crippen LogP contribution < -0.4 is 5.32 Å². The summed E-state index contributed by atoms with van der Waals surface area (Å²) < 4.78 is 28.4. The molecule has 0 aromatic carbocycles. The average molecular weight is 235 g/mol. The minimum absolute atomic E-state index is 0.0352. The molecule has 0 aromatic rings. The van der Waals surface area contributed by atoms with Crippen LogP contribution in [-0.4, -0.2) is 44.7 Å². The maximum absolute atomic E-state index is 11.5. The number of hydrogen-bond donors (Lipinski definition) is 1. The van der Waals surface area contributed by atoms with Crippen molar-refractivity contribution in [1.29, 1.82) is 0 Å². The van der Waals surface area contributed by atoms with E-state index in [1.807, 2.05) is 0 Å². The Morgan fingerprint density at radius 1 is 1.47 bits per heavy atom. The third-order valence-corrected chi connectivity index (χ3v) is 5.09. The Labute approximate surface area is 92.3 Å². The molecule has 1 rings (SSSR count). The van der Waals surface area contributed by atoms with Crippen LogP contribution in [0.25, 0.3) is 0 Å². The van der Waals surface area contributed by atoms with Crippen molar-refractivity contribution in [2.24, 2.45) is 0 Å². The molecule has 0 saturated carbocycles. The fourth-order valence-corrected chi connectivity index (χ4v) is 2.40. The van der Waals surface area contributed by atoms with E-state index < -0.39 is 9.84 Å². The van der Waals surface area contributed by atoms with Gasteiger partial charge in [0.05, 0.1) is 17.6 Å². The van der Waals surface area contributed by atoms with Gasteiger partial charge in [0, 0.05) is 18.7 Å². The summed E-state index contributed by atoms with van der Waals surface area (Å²) in [6, 6.07) is 0. The lowest BCUT2D eigenvalue weighted by Crippen LogP contribution is -2.45. The highest BCUT2D eigenvalue weighted by atomic mass is 32.2. The van der Waals surface area contributed by atoms with Crippen LogP contribution in [0.4, 0.5) is 0 Å². The monoisotopic (exact) mass is 235 g/mol. The lowest BCUT2D eigenvalue weighted by atomic mass is 10.0. The van der Waals surface area contributed by atoms with Gasteiger partial charge >= 0.3 is 0 Å². The van der Waals surface area contributed by atoms with Gasteiger partial charge in [0.1, 0.15) is 0 Å². The van der Waals surface area contributed by atoms with E-state index in [1.165, 1.54) is 0 Å². The van der Waals surface area contributed by atoms with E-state index in [-0.39, 0.29) is 16.5 Å². The number of hydrogen-bond acceptors (Lipinski definition) is 4. The number of sulfone groups is 1. The van der Waals surface area contributed by atoms with Gasteiger partial charge < -0.3 is 10.1 Å². The smallest absolute Gasteiger partial charge is 0.153 e. The average Bonchev–Trinajstić information content (AvgIpc) is 2.51. The lowest BCUT2D eigenvalue weighted by Gasteiger charge is -2.23. The second kappa shape index (κ2) is 4.80. The van der Waals surface area contributed by atoms with Gasteiger partial charge in [-0.2, -0.15) is 0 Å². The van der Waals surface area contributed by atoms with E-state index >= 15 is 0 Å². The molecule has 1 aliphatic rings. The van der Waals surface area contributed by atoms with E-state index in [0.29, 0.717) is 13.2 Å². The molecule has 1 heterocycles. The maximum Gasteiger partial charge on any atom is 0.153 e. The predicted octanol–water partition coefficient (Wildman–Crippen LogP) is 0.578. The Morgan fingerprint density at radius 2 is 2.13 bits per heavy atom. The molecule has 0 spiro atoms. The van der Waals surface area contributed by atoms with Crippen molar-refractivity contribution in [3.63, 3.8) is 0 Å². The first-order chi connectivity index (χ1) is 6.86. The summed E-state index contributed by atoms with van der Waals surface area (Å²) in [7, 11) is -2.92. The Morgan fingerprint density at radius 3 is 2.60 bits per heavy atom. The van der Waals surface area contributed by atoms with Crippen molar-refractivity contribution in [1.82, 2.24) is 5.32 Å². The van der Waals surface area contributed by atoms with E-state index in [1.54, 1.807) is 13.8 Å². The Hall–Kier alpha value is -0.130. The Kier molecular flexibility index (Phi) is 4.14. The Bertz CT molecular complexity index is 292. The van der Waals surface area contributed by atoms with Crippen LogP contribution in [0.1, 0.15) is 27.2 Å². The van der Waals surface area contributed by atoms with Gasteiger partial charge in [-0.05, 0) is 27.2 Å². The number of ether oxygens (including phenoxy) is 1. The number of rotatable bonds is 5. The summed E-state index contributed by atoms with van der Waals surface area (Å²) in [4.78, 5) is 0. The zero-order valence-electron chi connectivity index (χ0n) is 9.75. The van der Waals surface area contributed by atoms with Crippen molar-refractivity contribution in [2.75, 3.05) is 25.5 Å². The van der Waals surface area contributed by atoms with Crippen LogP contribution in [0.5, 0.6) is 0 Å². The standard InChI is InChI=1S/C10H21NO3S/c1-9(2)15(12,13)7-5-11-10(3)4-6-14-8-10/h9,11H,4-8H2,1-3H3. The normalized spacial score (nSPS) is 27.5. The first kappa shape index (κ1) is 12.9. The SMILES string of the molecule is CC(C)S(=O)(=O)CCNC1(C)CCOC1. The summed E-state index contributed by atoms with van der Waals surface area (Å²) in [5.41, 5.74) is -0.0352. The highest BCUT2D eigenvalue weighted by Gasteiger charge is 2.29. The van der Waals surface area contributed by atoms with E-state index in [9.17, 15) is 8.42 Å². The first-order valence-electron chi connectivity index (χ1n) is 5.40. The molecule has 0 bridgehead atoms. The van der Waals surface area contributed by atoms with Gasteiger partial charge in [-0.1, -0.05) is 0 Å². The van der Waals surface area contributed by atoms with Crippen LogP contribution in [0, 0.1) is 0 Å². The molecule has 0 amide bonds. The minimum Gasteiger partial charge on any atom is -0.379 e. The van der Waals surface area contributed by atoms with Crippen molar-refractivity contribution >= 4 is 9.84 Å². The highest BCUT2D eigenvalue weighted by Crippen LogP contribution is 2.17. The summed E-state index contributed by atoms with van der Waals surface area (Å²) in [6.07, 6.45) is 0.953.